The zero-order chi connectivity index (χ0) is 13.0. The third-order valence-corrected chi connectivity index (χ3v) is 3.31. The third kappa shape index (κ3) is 3.09. The fourth-order valence-electron chi connectivity index (χ4n) is 2.34. The first-order valence-corrected chi connectivity index (χ1v) is 6.88. The minimum Gasteiger partial charge on any atom is -0.370 e. The second-order valence-corrected chi connectivity index (χ2v) is 5.15. The summed E-state index contributed by atoms with van der Waals surface area (Å²) in [7, 11) is 0. The summed E-state index contributed by atoms with van der Waals surface area (Å²) < 4.78 is 11.1. The largest absolute Gasteiger partial charge is 0.370 e. The molecule has 2 atom stereocenters. The predicted octanol–water partition coefficient (Wildman–Crippen LogP) is 2.27. The SMILES string of the molecule is CCOC(c1noc([C@@H]2CCCNC2)n1)C(C)C. The highest BCUT2D eigenvalue weighted by molar-refractivity contribution is 4.99. The molecule has 0 amide bonds. The summed E-state index contributed by atoms with van der Waals surface area (Å²) >= 11 is 0. The van der Waals surface area contributed by atoms with E-state index in [1.807, 2.05) is 6.92 Å². The van der Waals surface area contributed by atoms with Crippen molar-refractivity contribution in [1.29, 1.82) is 0 Å². The van der Waals surface area contributed by atoms with E-state index in [2.05, 4.69) is 29.3 Å². The van der Waals surface area contributed by atoms with Crippen LogP contribution in [-0.2, 0) is 4.74 Å². The van der Waals surface area contributed by atoms with Gasteiger partial charge in [0, 0.05) is 13.2 Å². The zero-order valence-corrected chi connectivity index (χ0v) is 11.5. The van der Waals surface area contributed by atoms with Gasteiger partial charge in [0.1, 0.15) is 6.10 Å². The van der Waals surface area contributed by atoms with Gasteiger partial charge in [-0.25, -0.2) is 0 Å². The van der Waals surface area contributed by atoms with Crippen LogP contribution in [0, 0.1) is 5.92 Å². The molecule has 1 unspecified atom stereocenters. The maximum Gasteiger partial charge on any atom is 0.231 e. The number of hydrogen-bond acceptors (Lipinski definition) is 5. The van der Waals surface area contributed by atoms with Crippen molar-refractivity contribution >= 4 is 0 Å². The summed E-state index contributed by atoms with van der Waals surface area (Å²) in [4.78, 5) is 4.53. The number of hydrogen-bond donors (Lipinski definition) is 1. The highest BCUT2D eigenvalue weighted by Gasteiger charge is 2.26. The van der Waals surface area contributed by atoms with Gasteiger partial charge in [-0.2, -0.15) is 4.98 Å². The Balaban J connectivity index is 2.07. The summed E-state index contributed by atoms with van der Waals surface area (Å²) in [5.74, 6) is 2.14. The van der Waals surface area contributed by atoms with Crippen molar-refractivity contribution in [2.45, 2.75) is 45.6 Å². The van der Waals surface area contributed by atoms with Crippen molar-refractivity contribution in [2.24, 2.45) is 5.92 Å². The van der Waals surface area contributed by atoms with Gasteiger partial charge in [-0.15, -0.1) is 0 Å². The van der Waals surface area contributed by atoms with E-state index in [1.165, 1.54) is 6.42 Å². The van der Waals surface area contributed by atoms with Crippen molar-refractivity contribution in [3.63, 3.8) is 0 Å². The highest BCUT2D eigenvalue weighted by atomic mass is 16.5. The van der Waals surface area contributed by atoms with Crippen LogP contribution < -0.4 is 5.32 Å². The van der Waals surface area contributed by atoms with E-state index in [4.69, 9.17) is 9.26 Å². The molecule has 1 aliphatic rings. The van der Waals surface area contributed by atoms with Crippen LogP contribution in [0.15, 0.2) is 4.52 Å². The molecule has 0 bridgehead atoms. The molecule has 1 aromatic rings. The van der Waals surface area contributed by atoms with Crippen molar-refractivity contribution in [3.8, 4) is 0 Å². The van der Waals surface area contributed by atoms with Gasteiger partial charge in [0.05, 0.1) is 5.92 Å². The Bertz CT molecular complexity index is 359. The van der Waals surface area contributed by atoms with Gasteiger partial charge in [0.2, 0.25) is 11.7 Å². The van der Waals surface area contributed by atoms with E-state index in [9.17, 15) is 0 Å². The molecule has 1 saturated heterocycles. The molecule has 1 N–H and O–H groups in total. The normalized spacial score (nSPS) is 22.3. The molecule has 5 nitrogen and oxygen atoms in total. The molecule has 0 saturated carbocycles. The lowest BCUT2D eigenvalue weighted by molar-refractivity contribution is 0.0217. The van der Waals surface area contributed by atoms with Gasteiger partial charge in [0.15, 0.2) is 0 Å². The Labute approximate surface area is 108 Å². The van der Waals surface area contributed by atoms with E-state index in [0.29, 0.717) is 24.3 Å². The van der Waals surface area contributed by atoms with Gasteiger partial charge >= 0.3 is 0 Å². The lowest BCUT2D eigenvalue weighted by Gasteiger charge is -2.19. The molecule has 2 heterocycles. The van der Waals surface area contributed by atoms with Gasteiger partial charge in [-0.3, -0.25) is 0 Å². The number of rotatable bonds is 5. The quantitative estimate of drug-likeness (QED) is 0.872. The van der Waals surface area contributed by atoms with Crippen LogP contribution in [0.5, 0.6) is 0 Å². The van der Waals surface area contributed by atoms with Crippen LogP contribution >= 0.6 is 0 Å². The van der Waals surface area contributed by atoms with E-state index in [1.54, 1.807) is 0 Å². The Morgan fingerprint density at radius 3 is 2.94 bits per heavy atom. The van der Waals surface area contributed by atoms with Crippen molar-refractivity contribution < 1.29 is 9.26 Å². The number of nitrogens with zero attached hydrogens (tertiary/aromatic N) is 2. The first-order valence-electron chi connectivity index (χ1n) is 6.88. The first-order chi connectivity index (χ1) is 8.72. The molecule has 0 radical (unpaired) electrons. The lowest BCUT2D eigenvalue weighted by atomic mass is 10.00. The number of aromatic nitrogens is 2. The fourth-order valence-corrected chi connectivity index (χ4v) is 2.34. The molecule has 1 aromatic heterocycles. The van der Waals surface area contributed by atoms with Crippen LogP contribution in [0.25, 0.3) is 0 Å². The minimum atomic E-state index is -0.0657. The summed E-state index contributed by atoms with van der Waals surface area (Å²) in [6.07, 6.45) is 2.22. The van der Waals surface area contributed by atoms with E-state index in [0.717, 1.165) is 25.4 Å². The number of ether oxygens (including phenoxy) is 1. The van der Waals surface area contributed by atoms with Crippen LogP contribution in [0.3, 0.4) is 0 Å². The van der Waals surface area contributed by atoms with Gasteiger partial charge < -0.3 is 14.6 Å². The van der Waals surface area contributed by atoms with E-state index >= 15 is 0 Å². The molecule has 0 aromatic carbocycles. The second kappa shape index (κ2) is 6.29. The van der Waals surface area contributed by atoms with Crippen LogP contribution in [0.2, 0.25) is 0 Å². The topological polar surface area (TPSA) is 60.2 Å². The Hall–Kier alpha value is -0.940. The Morgan fingerprint density at radius 1 is 1.50 bits per heavy atom. The minimum absolute atomic E-state index is 0.0657. The molecule has 2 rings (SSSR count). The van der Waals surface area contributed by atoms with Gasteiger partial charge in [0.25, 0.3) is 0 Å². The molecule has 1 fully saturated rings. The highest BCUT2D eigenvalue weighted by Crippen LogP contribution is 2.27. The fraction of sp³-hybridized carbons (Fsp3) is 0.846. The average Bonchev–Trinajstić information content (AvgIpc) is 2.86. The average molecular weight is 253 g/mol. The monoisotopic (exact) mass is 253 g/mol. The molecular weight excluding hydrogens is 230 g/mol. The number of nitrogens with one attached hydrogen (secondary N) is 1. The summed E-state index contributed by atoms with van der Waals surface area (Å²) in [6.45, 7) is 8.89. The molecule has 0 spiro atoms. The predicted molar refractivity (Wildman–Crippen MR) is 68.3 cm³/mol. The van der Waals surface area contributed by atoms with Gasteiger partial charge in [-0.05, 0) is 32.2 Å². The van der Waals surface area contributed by atoms with Crippen LogP contribution in [0.1, 0.15) is 57.3 Å². The summed E-state index contributed by atoms with van der Waals surface area (Å²) in [5, 5.41) is 7.45. The van der Waals surface area contributed by atoms with Crippen LogP contribution in [0.4, 0.5) is 0 Å². The molecule has 1 aliphatic heterocycles. The number of piperidine rings is 1. The second-order valence-electron chi connectivity index (χ2n) is 5.15. The van der Waals surface area contributed by atoms with E-state index < -0.39 is 0 Å². The van der Waals surface area contributed by atoms with Crippen molar-refractivity contribution in [3.05, 3.63) is 11.7 Å². The molecule has 5 heteroatoms. The van der Waals surface area contributed by atoms with Gasteiger partial charge in [-0.1, -0.05) is 19.0 Å². The molecule has 18 heavy (non-hydrogen) atoms. The van der Waals surface area contributed by atoms with E-state index in [-0.39, 0.29) is 6.10 Å². The molecule has 102 valence electrons. The Kier molecular flexibility index (Phi) is 4.72. The van der Waals surface area contributed by atoms with Crippen molar-refractivity contribution in [1.82, 2.24) is 15.5 Å². The molecule has 0 aliphatic carbocycles. The first kappa shape index (κ1) is 13.5. The maximum absolute atomic E-state index is 5.69. The Morgan fingerprint density at radius 2 is 2.33 bits per heavy atom. The molecular formula is C13H23N3O2. The third-order valence-electron chi connectivity index (χ3n) is 3.31. The summed E-state index contributed by atoms with van der Waals surface area (Å²) in [6, 6.07) is 0. The van der Waals surface area contributed by atoms with Crippen molar-refractivity contribution in [2.75, 3.05) is 19.7 Å². The zero-order valence-electron chi connectivity index (χ0n) is 11.5. The standard InChI is InChI=1S/C13H23N3O2/c1-4-17-11(9(2)3)12-15-13(18-16-12)10-6-5-7-14-8-10/h9-11,14H,4-8H2,1-3H3/t10-,11?/m1/s1. The lowest BCUT2D eigenvalue weighted by Crippen LogP contribution is -2.28. The maximum atomic E-state index is 5.69. The summed E-state index contributed by atoms with van der Waals surface area (Å²) in [5.41, 5.74) is 0. The van der Waals surface area contributed by atoms with Crippen LogP contribution in [-0.4, -0.2) is 29.8 Å². The smallest absolute Gasteiger partial charge is 0.231 e.